The summed E-state index contributed by atoms with van der Waals surface area (Å²) in [4.78, 5) is 4.39. The third-order valence-corrected chi connectivity index (χ3v) is 3.53. The molecule has 0 atom stereocenters. The molecule has 0 amide bonds. The van der Waals surface area contributed by atoms with E-state index in [2.05, 4.69) is 41.7 Å². The lowest BCUT2D eigenvalue weighted by atomic mass is 10.1. The second-order valence-electron chi connectivity index (χ2n) is 5.14. The van der Waals surface area contributed by atoms with Crippen LogP contribution in [0.1, 0.15) is 20.8 Å². The van der Waals surface area contributed by atoms with Crippen molar-refractivity contribution in [3.63, 3.8) is 0 Å². The molecule has 0 unspecified atom stereocenters. The van der Waals surface area contributed by atoms with Gasteiger partial charge in [-0.15, -0.1) is 0 Å². The molecule has 18 heavy (non-hydrogen) atoms. The van der Waals surface area contributed by atoms with Crippen molar-refractivity contribution in [3.05, 3.63) is 34.0 Å². The summed E-state index contributed by atoms with van der Waals surface area (Å²) in [5.41, 5.74) is 7.62. The first-order valence-electron chi connectivity index (χ1n) is 5.59. The molecule has 0 aliphatic carbocycles. The standard InChI is InChI=1S/C13H15BrClN3/c1-13(2,3)18-7-17-11(12(18)16)9-6-8(14)4-5-10(9)15/h4-7H,16H2,1-3H3. The summed E-state index contributed by atoms with van der Waals surface area (Å²) in [6.07, 6.45) is 1.75. The van der Waals surface area contributed by atoms with Gasteiger partial charge in [-0.3, -0.25) is 0 Å². The van der Waals surface area contributed by atoms with Crippen LogP contribution >= 0.6 is 27.5 Å². The van der Waals surface area contributed by atoms with E-state index >= 15 is 0 Å². The molecule has 2 N–H and O–H groups in total. The van der Waals surface area contributed by atoms with Crippen molar-refractivity contribution in [2.24, 2.45) is 0 Å². The molecule has 5 heteroatoms. The highest BCUT2D eigenvalue weighted by Gasteiger charge is 2.20. The molecule has 0 saturated heterocycles. The molecular weight excluding hydrogens is 314 g/mol. The van der Waals surface area contributed by atoms with Crippen LogP contribution in [0.4, 0.5) is 5.82 Å². The Morgan fingerprint density at radius 2 is 2.00 bits per heavy atom. The van der Waals surface area contributed by atoms with E-state index in [9.17, 15) is 0 Å². The van der Waals surface area contributed by atoms with Crippen molar-refractivity contribution in [2.45, 2.75) is 26.3 Å². The number of nitrogens with zero attached hydrogens (tertiary/aromatic N) is 2. The zero-order valence-corrected chi connectivity index (χ0v) is 12.9. The summed E-state index contributed by atoms with van der Waals surface area (Å²) in [5.74, 6) is 0.627. The minimum absolute atomic E-state index is 0.103. The largest absolute Gasteiger partial charge is 0.383 e. The van der Waals surface area contributed by atoms with Crippen LogP contribution in [0.15, 0.2) is 29.0 Å². The second kappa shape index (κ2) is 4.59. The number of nitrogens with two attached hydrogens (primary N) is 1. The molecule has 0 aliphatic rings. The maximum atomic E-state index is 6.20. The Labute approximate surface area is 120 Å². The lowest BCUT2D eigenvalue weighted by Crippen LogP contribution is -2.22. The van der Waals surface area contributed by atoms with E-state index in [-0.39, 0.29) is 5.54 Å². The number of nitrogen functional groups attached to an aromatic ring is 1. The number of imidazole rings is 1. The van der Waals surface area contributed by atoms with E-state index in [1.54, 1.807) is 6.33 Å². The first-order chi connectivity index (χ1) is 8.30. The summed E-state index contributed by atoms with van der Waals surface area (Å²) in [5, 5.41) is 0.643. The minimum atomic E-state index is -0.103. The molecule has 2 rings (SSSR count). The van der Waals surface area contributed by atoms with Gasteiger partial charge in [0.05, 0.1) is 11.3 Å². The summed E-state index contributed by atoms with van der Waals surface area (Å²) in [7, 11) is 0. The lowest BCUT2D eigenvalue weighted by Gasteiger charge is -2.22. The molecule has 0 saturated carbocycles. The van der Waals surface area contributed by atoms with Gasteiger partial charge in [0, 0.05) is 15.6 Å². The Morgan fingerprint density at radius 3 is 2.56 bits per heavy atom. The third kappa shape index (κ3) is 2.40. The van der Waals surface area contributed by atoms with Gasteiger partial charge in [0.1, 0.15) is 11.5 Å². The SMILES string of the molecule is CC(C)(C)n1cnc(-c2cc(Br)ccc2Cl)c1N. The maximum absolute atomic E-state index is 6.20. The van der Waals surface area contributed by atoms with Crippen LogP contribution in [0.25, 0.3) is 11.3 Å². The first kappa shape index (κ1) is 13.4. The third-order valence-electron chi connectivity index (χ3n) is 2.71. The predicted molar refractivity (Wildman–Crippen MR) is 79.8 cm³/mol. The smallest absolute Gasteiger partial charge is 0.132 e. The van der Waals surface area contributed by atoms with Crippen LogP contribution in [-0.4, -0.2) is 9.55 Å². The van der Waals surface area contributed by atoms with E-state index in [1.165, 1.54) is 0 Å². The Morgan fingerprint density at radius 1 is 1.33 bits per heavy atom. The summed E-state index contributed by atoms with van der Waals surface area (Å²) < 4.78 is 2.89. The van der Waals surface area contributed by atoms with Gasteiger partial charge in [-0.2, -0.15) is 0 Å². The number of hydrogen-bond donors (Lipinski definition) is 1. The normalized spacial score (nSPS) is 11.8. The Balaban J connectivity index is 2.59. The average Bonchev–Trinajstić information content (AvgIpc) is 2.63. The van der Waals surface area contributed by atoms with Gasteiger partial charge in [0.15, 0.2) is 0 Å². The predicted octanol–water partition coefficient (Wildman–Crippen LogP) is 4.30. The van der Waals surface area contributed by atoms with Crippen molar-refractivity contribution < 1.29 is 0 Å². The van der Waals surface area contributed by atoms with Gasteiger partial charge >= 0.3 is 0 Å². The molecule has 0 spiro atoms. The highest BCUT2D eigenvalue weighted by atomic mass is 79.9. The van der Waals surface area contributed by atoms with E-state index in [0.717, 1.165) is 15.7 Å². The molecule has 0 aliphatic heterocycles. The quantitative estimate of drug-likeness (QED) is 0.848. The van der Waals surface area contributed by atoms with Crippen molar-refractivity contribution in [1.29, 1.82) is 0 Å². The van der Waals surface area contributed by atoms with Gasteiger partial charge in [-0.25, -0.2) is 4.98 Å². The fourth-order valence-electron chi connectivity index (χ4n) is 1.78. The number of rotatable bonds is 1. The molecule has 0 radical (unpaired) electrons. The molecular formula is C13H15BrClN3. The van der Waals surface area contributed by atoms with Crippen molar-refractivity contribution in [2.75, 3.05) is 5.73 Å². The van der Waals surface area contributed by atoms with E-state index in [1.807, 2.05) is 22.8 Å². The first-order valence-corrected chi connectivity index (χ1v) is 6.76. The summed E-state index contributed by atoms with van der Waals surface area (Å²) in [6.45, 7) is 6.24. The van der Waals surface area contributed by atoms with Gasteiger partial charge in [-0.1, -0.05) is 27.5 Å². The minimum Gasteiger partial charge on any atom is -0.383 e. The average molecular weight is 329 g/mol. The fraction of sp³-hybridized carbons (Fsp3) is 0.308. The van der Waals surface area contributed by atoms with Gasteiger partial charge in [0.25, 0.3) is 0 Å². The van der Waals surface area contributed by atoms with E-state index < -0.39 is 0 Å². The molecule has 3 nitrogen and oxygen atoms in total. The second-order valence-corrected chi connectivity index (χ2v) is 6.47. The van der Waals surface area contributed by atoms with Crippen molar-refractivity contribution in [3.8, 4) is 11.3 Å². The lowest BCUT2D eigenvalue weighted by molar-refractivity contribution is 0.402. The monoisotopic (exact) mass is 327 g/mol. The molecule has 1 aromatic carbocycles. The molecule has 0 fully saturated rings. The van der Waals surface area contributed by atoms with Crippen LogP contribution in [-0.2, 0) is 5.54 Å². The van der Waals surface area contributed by atoms with Crippen LogP contribution in [0.5, 0.6) is 0 Å². The van der Waals surface area contributed by atoms with Crippen LogP contribution in [0.2, 0.25) is 5.02 Å². The van der Waals surface area contributed by atoms with Crippen LogP contribution < -0.4 is 5.73 Å². The van der Waals surface area contributed by atoms with Gasteiger partial charge in [-0.05, 0) is 39.0 Å². The number of anilines is 1. The highest BCUT2D eigenvalue weighted by molar-refractivity contribution is 9.10. The van der Waals surface area contributed by atoms with E-state index in [4.69, 9.17) is 17.3 Å². The zero-order chi connectivity index (χ0) is 13.5. The number of benzene rings is 1. The van der Waals surface area contributed by atoms with Crippen molar-refractivity contribution >= 4 is 33.3 Å². The van der Waals surface area contributed by atoms with Crippen molar-refractivity contribution in [1.82, 2.24) is 9.55 Å². The molecule has 1 aromatic heterocycles. The van der Waals surface area contributed by atoms with Gasteiger partial charge in [0.2, 0.25) is 0 Å². The fourth-order valence-corrected chi connectivity index (χ4v) is 2.35. The summed E-state index contributed by atoms with van der Waals surface area (Å²) in [6, 6.07) is 5.65. The highest BCUT2D eigenvalue weighted by Crippen LogP contribution is 2.34. The number of hydrogen-bond acceptors (Lipinski definition) is 2. The number of aromatic nitrogens is 2. The molecule has 96 valence electrons. The molecule has 1 heterocycles. The Bertz CT molecular complexity index is 584. The molecule has 2 aromatic rings. The Kier molecular flexibility index (Phi) is 3.43. The maximum Gasteiger partial charge on any atom is 0.132 e. The van der Waals surface area contributed by atoms with Gasteiger partial charge < -0.3 is 10.3 Å². The van der Waals surface area contributed by atoms with Crippen LogP contribution in [0, 0.1) is 0 Å². The zero-order valence-electron chi connectivity index (χ0n) is 10.5. The number of halogens is 2. The molecule has 0 bridgehead atoms. The van der Waals surface area contributed by atoms with Crippen LogP contribution in [0.3, 0.4) is 0 Å². The summed E-state index contributed by atoms with van der Waals surface area (Å²) >= 11 is 9.63. The Hall–Kier alpha value is -1.00. The van der Waals surface area contributed by atoms with E-state index in [0.29, 0.717) is 10.8 Å². The topological polar surface area (TPSA) is 43.8 Å².